The maximum absolute atomic E-state index is 13.4. The van der Waals surface area contributed by atoms with E-state index >= 15 is 0 Å². The van der Waals surface area contributed by atoms with Gasteiger partial charge in [0.25, 0.3) is 5.91 Å². The maximum Gasteiger partial charge on any atom is 0.252 e. The molecule has 1 fully saturated rings. The molecule has 1 saturated heterocycles. The Labute approximate surface area is 205 Å². The molecule has 0 spiro atoms. The minimum atomic E-state index is -3.77. The molecule has 7 nitrogen and oxygen atoms in total. The van der Waals surface area contributed by atoms with Gasteiger partial charge in [0.15, 0.2) is 6.29 Å². The van der Waals surface area contributed by atoms with Crippen LogP contribution >= 0.6 is 11.8 Å². The highest BCUT2D eigenvalue weighted by Gasteiger charge is 2.32. The second kappa shape index (κ2) is 11.6. The van der Waals surface area contributed by atoms with E-state index in [0.29, 0.717) is 18.0 Å². The van der Waals surface area contributed by atoms with Gasteiger partial charge in [0, 0.05) is 37.1 Å². The van der Waals surface area contributed by atoms with Crippen LogP contribution in [0.3, 0.4) is 0 Å². The summed E-state index contributed by atoms with van der Waals surface area (Å²) < 4.78 is 51.9. The lowest BCUT2D eigenvalue weighted by molar-refractivity contribution is -0.0974. The van der Waals surface area contributed by atoms with Crippen molar-refractivity contribution in [2.75, 3.05) is 33.9 Å². The minimum absolute atomic E-state index is 0.0671. The fraction of sp³-hybridized carbons (Fsp3) is 0.458. The Hall–Kier alpha value is -1.98. The fourth-order valence-corrected chi connectivity index (χ4v) is 6.68. The van der Waals surface area contributed by atoms with Gasteiger partial charge in [-0.15, -0.1) is 0 Å². The van der Waals surface area contributed by atoms with E-state index in [2.05, 4.69) is 5.32 Å². The first-order chi connectivity index (χ1) is 16.1. The Morgan fingerprint density at radius 1 is 1.12 bits per heavy atom. The van der Waals surface area contributed by atoms with Crippen molar-refractivity contribution < 1.29 is 27.1 Å². The first-order valence-electron chi connectivity index (χ1n) is 11.1. The summed E-state index contributed by atoms with van der Waals surface area (Å²) >= 11 is 1.25. The van der Waals surface area contributed by atoms with Crippen LogP contribution in [0.15, 0.2) is 57.2 Å². The number of ether oxygens (including phenoxy) is 2. The number of nitrogens with zero attached hydrogens (tertiary/aromatic N) is 1. The van der Waals surface area contributed by atoms with Gasteiger partial charge in [-0.3, -0.25) is 4.79 Å². The topological polar surface area (TPSA) is 84.9 Å². The smallest absolute Gasteiger partial charge is 0.252 e. The van der Waals surface area contributed by atoms with Crippen molar-refractivity contribution in [2.45, 2.75) is 41.2 Å². The van der Waals surface area contributed by atoms with Gasteiger partial charge in [-0.05, 0) is 60.7 Å². The second-order valence-electron chi connectivity index (χ2n) is 8.59. The highest BCUT2D eigenvalue weighted by atomic mass is 32.2. The molecule has 186 valence electrons. The zero-order valence-electron chi connectivity index (χ0n) is 19.8. The molecule has 2 atom stereocenters. The average Bonchev–Trinajstić information content (AvgIpc) is 2.80. The molecular weight excluding hydrogens is 479 g/mol. The standard InChI is InChI=1S/C24H31FN2O5S2/c1-16-11-17(2)15-27(14-16)34(29,30)20-9-10-22(33-19-7-5-18(25)6-8-19)21(12-20)24(28)26-13-23(31-3)32-4/h5-10,12,16-17,23H,11,13-15H2,1-4H3,(H,26,28). The van der Waals surface area contributed by atoms with E-state index < -0.39 is 22.2 Å². The summed E-state index contributed by atoms with van der Waals surface area (Å²) in [6.07, 6.45) is 0.341. The number of piperidine rings is 1. The van der Waals surface area contributed by atoms with Crippen LogP contribution in [0.2, 0.25) is 0 Å². The lowest BCUT2D eigenvalue weighted by Crippen LogP contribution is -2.42. The molecule has 2 unspecified atom stereocenters. The molecule has 1 aliphatic rings. The van der Waals surface area contributed by atoms with Crippen molar-refractivity contribution in [3.63, 3.8) is 0 Å². The molecular formula is C24H31FN2O5S2. The summed E-state index contributed by atoms with van der Waals surface area (Å²) in [6.45, 7) is 5.07. The van der Waals surface area contributed by atoms with Crippen LogP contribution in [-0.4, -0.2) is 58.8 Å². The van der Waals surface area contributed by atoms with Crippen molar-refractivity contribution in [2.24, 2.45) is 11.8 Å². The van der Waals surface area contributed by atoms with Crippen molar-refractivity contribution in [1.82, 2.24) is 9.62 Å². The van der Waals surface area contributed by atoms with Gasteiger partial charge >= 0.3 is 0 Å². The Bertz CT molecular complexity index is 1080. The Morgan fingerprint density at radius 3 is 2.32 bits per heavy atom. The fourth-order valence-electron chi connectivity index (χ4n) is 4.05. The predicted molar refractivity (Wildman–Crippen MR) is 129 cm³/mol. The van der Waals surface area contributed by atoms with Crippen molar-refractivity contribution in [3.05, 3.63) is 53.8 Å². The zero-order chi connectivity index (χ0) is 24.9. The molecule has 1 amide bonds. The van der Waals surface area contributed by atoms with E-state index in [1.165, 1.54) is 54.6 Å². The van der Waals surface area contributed by atoms with E-state index in [4.69, 9.17) is 9.47 Å². The molecule has 34 heavy (non-hydrogen) atoms. The lowest BCUT2D eigenvalue weighted by atomic mass is 9.94. The molecule has 0 bridgehead atoms. The lowest BCUT2D eigenvalue weighted by Gasteiger charge is -2.34. The number of hydrogen-bond donors (Lipinski definition) is 1. The molecule has 2 aromatic carbocycles. The van der Waals surface area contributed by atoms with E-state index in [9.17, 15) is 17.6 Å². The summed E-state index contributed by atoms with van der Waals surface area (Å²) in [5.74, 6) is -0.302. The SMILES string of the molecule is COC(CNC(=O)c1cc(S(=O)(=O)N2CC(C)CC(C)C2)ccc1Sc1ccc(F)cc1)OC. The molecule has 3 rings (SSSR count). The Morgan fingerprint density at radius 2 is 1.74 bits per heavy atom. The van der Waals surface area contributed by atoms with Crippen LogP contribution in [-0.2, 0) is 19.5 Å². The van der Waals surface area contributed by atoms with Gasteiger partial charge in [-0.25, -0.2) is 12.8 Å². The molecule has 2 aromatic rings. The third kappa shape index (κ3) is 6.57. The number of benzene rings is 2. The minimum Gasteiger partial charge on any atom is -0.354 e. The first kappa shape index (κ1) is 26.6. The number of hydrogen-bond acceptors (Lipinski definition) is 6. The molecule has 0 radical (unpaired) electrons. The summed E-state index contributed by atoms with van der Waals surface area (Å²) in [5.41, 5.74) is 0.208. The highest BCUT2D eigenvalue weighted by molar-refractivity contribution is 7.99. The van der Waals surface area contributed by atoms with E-state index in [-0.39, 0.29) is 34.7 Å². The average molecular weight is 511 g/mol. The quantitative estimate of drug-likeness (QED) is 0.514. The van der Waals surface area contributed by atoms with Gasteiger partial charge in [-0.2, -0.15) is 4.31 Å². The zero-order valence-corrected chi connectivity index (χ0v) is 21.4. The van der Waals surface area contributed by atoms with Gasteiger partial charge in [-0.1, -0.05) is 25.6 Å². The number of methoxy groups -OCH3 is 2. The van der Waals surface area contributed by atoms with Gasteiger partial charge in [0.1, 0.15) is 5.82 Å². The first-order valence-corrected chi connectivity index (χ1v) is 13.3. The van der Waals surface area contributed by atoms with Crippen LogP contribution in [0, 0.1) is 17.7 Å². The van der Waals surface area contributed by atoms with Crippen LogP contribution in [0.25, 0.3) is 0 Å². The third-order valence-corrected chi connectivity index (χ3v) is 8.58. The summed E-state index contributed by atoms with van der Waals surface area (Å²) in [5, 5.41) is 2.74. The van der Waals surface area contributed by atoms with E-state index in [1.807, 2.05) is 13.8 Å². The number of sulfonamides is 1. The monoisotopic (exact) mass is 510 g/mol. The van der Waals surface area contributed by atoms with Crippen LogP contribution in [0.4, 0.5) is 4.39 Å². The van der Waals surface area contributed by atoms with Crippen LogP contribution in [0.5, 0.6) is 0 Å². The molecule has 1 N–H and O–H groups in total. The van der Waals surface area contributed by atoms with Gasteiger partial charge in [0.05, 0.1) is 17.0 Å². The van der Waals surface area contributed by atoms with Crippen molar-refractivity contribution in [1.29, 1.82) is 0 Å². The number of rotatable bonds is 9. The predicted octanol–water partition coefficient (Wildman–Crippen LogP) is 3.99. The molecule has 1 heterocycles. The van der Waals surface area contributed by atoms with Crippen LogP contribution in [0.1, 0.15) is 30.6 Å². The van der Waals surface area contributed by atoms with Gasteiger partial charge in [0.2, 0.25) is 10.0 Å². The second-order valence-corrected chi connectivity index (χ2v) is 11.6. The number of amides is 1. The third-order valence-electron chi connectivity index (χ3n) is 5.67. The van der Waals surface area contributed by atoms with E-state index in [1.54, 1.807) is 18.2 Å². The largest absolute Gasteiger partial charge is 0.354 e. The molecule has 0 saturated carbocycles. The Balaban J connectivity index is 1.95. The van der Waals surface area contributed by atoms with Crippen LogP contribution < -0.4 is 5.32 Å². The molecule has 10 heteroatoms. The number of halogens is 1. The normalized spacial score (nSPS) is 19.4. The van der Waals surface area contributed by atoms with E-state index in [0.717, 1.165) is 11.3 Å². The number of nitrogens with one attached hydrogen (secondary N) is 1. The van der Waals surface area contributed by atoms with Crippen molar-refractivity contribution >= 4 is 27.7 Å². The summed E-state index contributed by atoms with van der Waals surface area (Å²) in [4.78, 5) is 14.4. The highest BCUT2D eigenvalue weighted by Crippen LogP contribution is 2.34. The number of carbonyl (C=O) groups is 1. The maximum atomic E-state index is 13.4. The molecule has 0 aliphatic carbocycles. The number of carbonyl (C=O) groups excluding carboxylic acids is 1. The molecule has 1 aliphatic heterocycles. The Kier molecular flexibility index (Phi) is 9.11. The van der Waals surface area contributed by atoms with Gasteiger partial charge < -0.3 is 14.8 Å². The summed E-state index contributed by atoms with van der Waals surface area (Å²) in [7, 11) is -0.850. The summed E-state index contributed by atoms with van der Waals surface area (Å²) in [6, 6.07) is 10.4. The molecule has 0 aromatic heterocycles. The van der Waals surface area contributed by atoms with Crippen molar-refractivity contribution in [3.8, 4) is 0 Å².